The first-order chi connectivity index (χ1) is 13.9. The van der Waals surface area contributed by atoms with E-state index in [1.807, 2.05) is 6.92 Å². The zero-order valence-corrected chi connectivity index (χ0v) is 21.8. The monoisotopic (exact) mass is 454 g/mol. The summed E-state index contributed by atoms with van der Waals surface area (Å²) in [5.74, 6) is 2.54. The number of epoxide rings is 1. The van der Waals surface area contributed by atoms with Gasteiger partial charge < -0.3 is 24.4 Å². The number of hydrogen-bond donors (Lipinski definition) is 2. The maximum Gasteiger partial charge on any atom is 0.101 e. The molecule has 6 heteroatoms. The Labute approximate surface area is 191 Å². The second-order valence-electron chi connectivity index (χ2n) is 9.79. The summed E-state index contributed by atoms with van der Waals surface area (Å²) in [4.78, 5) is 0. The highest BCUT2D eigenvalue weighted by Crippen LogP contribution is 2.10. The van der Waals surface area contributed by atoms with Crippen molar-refractivity contribution in [1.82, 2.24) is 0 Å². The molecule has 184 valence electrons. The molecule has 0 aromatic carbocycles. The fourth-order valence-electron chi connectivity index (χ4n) is 2.90. The standard InChI is InChI=1S/C15H32O3.C6H14O.C3H5ClO/c1-11(2)7-13(5)17-9-15(16)10-18-14(6)8-12(3)4;1-5(2)4-6(3)7;4-1-3-2-5-3/h11-16H,7-10H2,1-6H3;5-7H,4H2,1-3H3;3H,1-2H2. The number of aliphatic hydroxyl groups excluding tert-OH is 2. The lowest BCUT2D eigenvalue weighted by Crippen LogP contribution is -2.27. The van der Waals surface area contributed by atoms with Crippen molar-refractivity contribution in [3.05, 3.63) is 0 Å². The van der Waals surface area contributed by atoms with Gasteiger partial charge in [-0.3, -0.25) is 0 Å². The first-order valence-corrected chi connectivity index (χ1v) is 12.2. The Morgan fingerprint density at radius 3 is 1.30 bits per heavy atom. The third-order valence-electron chi connectivity index (χ3n) is 4.14. The molecule has 30 heavy (non-hydrogen) atoms. The van der Waals surface area contributed by atoms with E-state index in [-0.39, 0.29) is 18.3 Å². The summed E-state index contributed by atoms with van der Waals surface area (Å²) in [6.07, 6.45) is 3.13. The van der Waals surface area contributed by atoms with E-state index in [0.717, 1.165) is 25.9 Å². The van der Waals surface area contributed by atoms with Gasteiger partial charge in [0.1, 0.15) is 6.10 Å². The smallest absolute Gasteiger partial charge is 0.101 e. The van der Waals surface area contributed by atoms with E-state index in [9.17, 15) is 5.11 Å². The van der Waals surface area contributed by atoms with Crippen molar-refractivity contribution in [2.24, 2.45) is 17.8 Å². The quantitative estimate of drug-likeness (QED) is 0.292. The van der Waals surface area contributed by atoms with Crippen LogP contribution >= 0.6 is 11.6 Å². The minimum Gasteiger partial charge on any atom is -0.393 e. The molecule has 0 bridgehead atoms. The van der Waals surface area contributed by atoms with Gasteiger partial charge >= 0.3 is 0 Å². The summed E-state index contributed by atoms with van der Waals surface area (Å²) in [5.41, 5.74) is 0. The summed E-state index contributed by atoms with van der Waals surface area (Å²) in [5, 5.41) is 18.5. The number of aliphatic hydroxyl groups is 2. The van der Waals surface area contributed by atoms with E-state index < -0.39 is 6.10 Å². The van der Waals surface area contributed by atoms with Gasteiger partial charge in [0.2, 0.25) is 0 Å². The molecule has 0 aromatic rings. The molecule has 5 nitrogen and oxygen atoms in total. The third kappa shape index (κ3) is 28.1. The van der Waals surface area contributed by atoms with Gasteiger partial charge in [0.25, 0.3) is 0 Å². The van der Waals surface area contributed by atoms with Gasteiger partial charge in [-0.1, -0.05) is 41.5 Å². The molecule has 0 aromatic heterocycles. The molecule has 1 heterocycles. The van der Waals surface area contributed by atoms with Crippen LogP contribution < -0.4 is 0 Å². The van der Waals surface area contributed by atoms with E-state index >= 15 is 0 Å². The summed E-state index contributed by atoms with van der Waals surface area (Å²) < 4.78 is 15.9. The minimum atomic E-state index is -0.519. The van der Waals surface area contributed by atoms with Crippen LogP contribution in [0.3, 0.4) is 0 Å². The molecule has 0 saturated carbocycles. The van der Waals surface area contributed by atoms with Crippen molar-refractivity contribution in [2.45, 2.75) is 112 Å². The van der Waals surface area contributed by atoms with Gasteiger partial charge in [0.15, 0.2) is 0 Å². The van der Waals surface area contributed by atoms with E-state index in [1.165, 1.54) is 0 Å². The van der Waals surface area contributed by atoms with E-state index in [0.29, 0.717) is 43.0 Å². The van der Waals surface area contributed by atoms with Gasteiger partial charge in [-0.25, -0.2) is 0 Å². The number of alkyl halides is 1. The summed E-state index contributed by atoms with van der Waals surface area (Å²) in [6, 6.07) is 0. The Bertz CT molecular complexity index is 334. The van der Waals surface area contributed by atoms with Crippen LogP contribution in [0.25, 0.3) is 0 Å². The van der Waals surface area contributed by atoms with Gasteiger partial charge in [-0.05, 0) is 57.8 Å². The lowest BCUT2D eigenvalue weighted by atomic mass is 10.1. The summed E-state index contributed by atoms with van der Waals surface area (Å²) in [6.45, 7) is 20.4. The Balaban J connectivity index is 0. The SMILES string of the molecule is CC(C)CC(C)O.CC(C)CC(C)OCC(O)COC(C)CC(C)C.ClCC1CO1. The van der Waals surface area contributed by atoms with Gasteiger partial charge in [-0.2, -0.15) is 0 Å². The van der Waals surface area contributed by atoms with Crippen LogP contribution in [0.5, 0.6) is 0 Å². The van der Waals surface area contributed by atoms with E-state index in [1.54, 1.807) is 0 Å². The molecule has 2 N–H and O–H groups in total. The molecular weight excluding hydrogens is 404 g/mol. The zero-order chi connectivity index (χ0) is 23.7. The number of halogens is 1. The van der Waals surface area contributed by atoms with Crippen LogP contribution in [0.4, 0.5) is 0 Å². The van der Waals surface area contributed by atoms with E-state index in [2.05, 4.69) is 55.4 Å². The highest BCUT2D eigenvalue weighted by atomic mass is 35.5. The molecule has 1 rings (SSSR count). The molecule has 0 amide bonds. The fourth-order valence-corrected chi connectivity index (χ4v) is 3.08. The molecule has 0 spiro atoms. The Morgan fingerprint density at radius 1 is 0.767 bits per heavy atom. The van der Waals surface area contributed by atoms with Crippen LogP contribution in [-0.2, 0) is 14.2 Å². The zero-order valence-electron chi connectivity index (χ0n) is 21.1. The van der Waals surface area contributed by atoms with Crippen molar-refractivity contribution >= 4 is 11.6 Å². The van der Waals surface area contributed by atoms with Gasteiger partial charge in [-0.15, -0.1) is 11.6 Å². The molecule has 1 aliphatic heterocycles. The van der Waals surface area contributed by atoms with Crippen molar-refractivity contribution < 1.29 is 24.4 Å². The molecule has 0 aliphatic carbocycles. The van der Waals surface area contributed by atoms with E-state index in [4.69, 9.17) is 30.9 Å². The maximum absolute atomic E-state index is 9.77. The molecule has 0 radical (unpaired) electrons. The van der Waals surface area contributed by atoms with Crippen LogP contribution in [0.15, 0.2) is 0 Å². The molecule has 1 saturated heterocycles. The van der Waals surface area contributed by atoms with Crippen LogP contribution in [0.2, 0.25) is 0 Å². The topological polar surface area (TPSA) is 71.5 Å². The second-order valence-corrected chi connectivity index (χ2v) is 10.1. The molecule has 1 fully saturated rings. The second kappa shape index (κ2) is 19.8. The average Bonchev–Trinajstić information content (AvgIpc) is 3.41. The van der Waals surface area contributed by atoms with Crippen molar-refractivity contribution in [3.63, 3.8) is 0 Å². The maximum atomic E-state index is 9.77. The normalized spacial score (nSPS) is 19.5. The van der Waals surface area contributed by atoms with Crippen molar-refractivity contribution in [1.29, 1.82) is 0 Å². The molecule has 4 unspecified atom stereocenters. The number of hydrogen-bond acceptors (Lipinski definition) is 5. The van der Waals surface area contributed by atoms with Crippen molar-refractivity contribution in [2.75, 3.05) is 25.7 Å². The van der Waals surface area contributed by atoms with Gasteiger partial charge in [0, 0.05) is 0 Å². The number of rotatable bonds is 13. The predicted octanol–water partition coefficient (Wildman–Crippen LogP) is 5.29. The molecule has 1 aliphatic rings. The van der Waals surface area contributed by atoms with Crippen molar-refractivity contribution in [3.8, 4) is 0 Å². The first kappa shape index (κ1) is 32.3. The van der Waals surface area contributed by atoms with Crippen LogP contribution in [0.1, 0.15) is 81.6 Å². The number of ether oxygens (including phenoxy) is 3. The van der Waals surface area contributed by atoms with Gasteiger partial charge in [0.05, 0.1) is 50.1 Å². The Hall–Kier alpha value is 0.0900. The molecule has 4 atom stereocenters. The molecular formula is C24H51ClO5. The minimum absolute atomic E-state index is 0.125. The summed E-state index contributed by atoms with van der Waals surface area (Å²) in [7, 11) is 0. The largest absolute Gasteiger partial charge is 0.393 e. The first-order valence-electron chi connectivity index (χ1n) is 11.6. The Kier molecular flexibility index (Phi) is 21.2. The average molecular weight is 455 g/mol. The highest BCUT2D eigenvalue weighted by Gasteiger charge is 2.19. The Morgan fingerprint density at radius 2 is 1.13 bits per heavy atom. The van der Waals surface area contributed by atoms with Crippen LogP contribution in [0, 0.1) is 17.8 Å². The third-order valence-corrected chi connectivity index (χ3v) is 4.48. The highest BCUT2D eigenvalue weighted by molar-refractivity contribution is 6.18. The predicted molar refractivity (Wildman–Crippen MR) is 127 cm³/mol. The summed E-state index contributed by atoms with van der Waals surface area (Å²) >= 11 is 5.27. The lowest BCUT2D eigenvalue weighted by Gasteiger charge is -2.20. The fraction of sp³-hybridized carbons (Fsp3) is 1.00. The lowest BCUT2D eigenvalue weighted by molar-refractivity contribution is -0.0610. The van der Waals surface area contributed by atoms with Crippen LogP contribution in [-0.4, -0.2) is 66.4 Å².